The summed E-state index contributed by atoms with van der Waals surface area (Å²) in [5, 5.41) is 1.81. The van der Waals surface area contributed by atoms with Gasteiger partial charge in [0, 0.05) is 24.0 Å². The van der Waals surface area contributed by atoms with E-state index in [1.165, 1.54) is 6.26 Å². The van der Waals surface area contributed by atoms with Crippen molar-refractivity contribution >= 4 is 31.4 Å². The molecule has 0 amide bonds. The molecular formula is C29H25N3O4S2. The Kier molecular flexibility index (Phi) is 7.31. The van der Waals surface area contributed by atoms with Gasteiger partial charge >= 0.3 is 0 Å². The molecule has 1 atom stereocenters. The molecule has 0 aliphatic heterocycles. The maximum absolute atomic E-state index is 13.1. The molecule has 0 bridgehead atoms. The van der Waals surface area contributed by atoms with Gasteiger partial charge in [0.05, 0.1) is 33.6 Å². The summed E-state index contributed by atoms with van der Waals surface area (Å²) in [6, 6.07) is 23.9. The molecule has 0 aliphatic carbocycles. The number of hydrogen-bond donors (Lipinski definition) is 0. The van der Waals surface area contributed by atoms with Crippen LogP contribution in [0, 0.1) is 6.92 Å². The third-order valence-corrected chi connectivity index (χ3v) is 8.28. The molecule has 38 heavy (non-hydrogen) atoms. The number of ether oxygens (including phenoxy) is 1. The van der Waals surface area contributed by atoms with Gasteiger partial charge in [-0.1, -0.05) is 60.7 Å². The van der Waals surface area contributed by atoms with E-state index in [1.54, 1.807) is 24.5 Å². The molecule has 0 saturated heterocycles. The van der Waals surface area contributed by atoms with Gasteiger partial charge in [0.1, 0.15) is 5.75 Å². The summed E-state index contributed by atoms with van der Waals surface area (Å²) >= 11 is 0. The Hall–Kier alpha value is -3.95. The molecule has 2 heterocycles. The summed E-state index contributed by atoms with van der Waals surface area (Å²) in [5.41, 5.74) is 3.50. The summed E-state index contributed by atoms with van der Waals surface area (Å²) in [6.45, 7) is 1.93. The molecule has 0 fully saturated rings. The summed E-state index contributed by atoms with van der Waals surface area (Å²) in [7, 11) is -4.74. The van der Waals surface area contributed by atoms with Crippen LogP contribution >= 0.6 is 0 Å². The molecule has 0 saturated carbocycles. The quantitative estimate of drug-likeness (QED) is 0.233. The van der Waals surface area contributed by atoms with Crippen molar-refractivity contribution in [2.45, 2.75) is 23.6 Å². The smallest absolute Gasteiger partial charge is 0.228 e. The normalized spacial score (nSPS) is 12.4. The zero-order valence-corrected chi connectivity index (χ0v) is 22.5. The van der Waals surface area contributed by atoms with Crippen LogP contribution < -0.4 is 4.74 Å². The molecule has 2 aromatic heterocycles. The van der Waals surface area contributed by atoms with Crippen molar-refractivity contribution in [1.82, 2.24) is 15.0 Å². The molecule has 0 aliphatic rings. The summed E-state index contributed by atoms with van der Waals surface area (Å²) in [4.78, 5) is 12.9. The lowest BCUT2D eigenvalue weighted by atomic mass is 10.0. The maximum atomic E-state index is 13.1. The van der Waals surface area contributed by atoms with Crippen molar-refractivity contribution in [1.29, 1.82) is 0 Å². The van der Waals surface area contributed by atoms with Crippen LogP contribution in [-0.2, 0) is 32.1 Å². The van der Waals surface area contributed by atoms with Crippen molar-refractivity contribution in [3.8, 4) is 22.9 Å². The summed E-state index contributed by atoms with van der Waals surface area (Å²) in [6.07, 6.45) is 4.71. The standard InChI is InChI=1S/C29H25N3O4S2/c1-20-13-14-23-22(19-38(34,35)18-21-8-4-3-5-9-21)10-6-11-24(23)27(20)36-28-25(12-7-16-30-28)26-15-17-31-29(32-26)37(2)33/h3-17H,18-19H2,1-2H3. The highest BCUT2D eigenvalue weighted by molar-refractivity contribution is 7.89. The minimum Gasteiger partial charge on any atom is -0.437 e. The van der Waals surface area contributed by atoms with Crippen LogP contribution in [0.5, 0.6) is 11.6 Å². The van der Waals surface area contributed by atoms with Gasteiger partial charge in [0.2, 0.25) is 11.0 Å². The average Bonchev–Trinajstić information content (AvgIpc) is 2.91. The Morgan fingerprint density at radius 1 is 0.816 bits per heavy atom. The van der Waals surface area contributed by atoms with E-state index in [2.05, 4.69) is 15.0 Å². The summed E-state index contributed by atoms with van der Waals surface area (Å²) in [5.74, 6) is 0.795. The van der Waals surface area contributed by atoms with E-state index in [4.69, 9.17) is 4.74 Å². The number of nitrogens with zero attached hydrogens (tertiary/aromatic N) is 3. The highest BCUT2D eigenvalue weighted by Gasteiger charge is 2.19. The molecule has 9 heteroatoms. The Balaban J connectivity index is 1.53. The minimum atomic E-state index is -3.41. The van der Waals surface area contributed by atoms with Gasteiger partial charge in [-0.05, 0) is 47.2 Å². The number of aromatic nitrogens is 3. The first kappa shape index (κ1) is 25.7. The maximum Gasteiger partial charge on any atom is 0.228 e. The largest absolute Gasteiger partial charge is 0.437 e. The molecule has 192 valence electrons. The Bertz CT molecular complexity index is 1760. The third-order valence-electron chi connectivity index (χ3n) is 6.04. The lowest BCUT2D eigenvalue weighted by Crippen LogP contribution is -2.08. The number of hydrogen-bond acceptors (Lipinski definition) is 7. The van der Waals surface area contributed by atoms with E-state index in [9.17, 15) is 12.6 Å². The Morgan fingerprint density at radius 3 is 2.42 bits per heavy atom. The van der Waals surface area contributed by atoms with E-state index in [-0.39, 0.29) is 16.7 Å². The molecule has 5 rings (SSSR count). The second-order valence-corrected chi connectivity index (χ2v) is 12.2. The van der Waals surface area contributed by atoms with Crippen molar-refractivity contribution in [3.05, 3.63) is 108 Å². The fourth-order valence-electron chi connectivity index (χ4n) is 4.27. The van der Waals surface area contributed by atoms with E-state index >= 15 is 0 Å². The highest BCUT2D eigenvalue weighted by Crippen LogP contribution is 2.37. The number of pyridine rings is 1. The van der Waals surface area contributed by atoms with Gasteiger partial charge in [0.15, 0.2) is 9.84 Å². The second-order valence-electron chi connectivity index (χ2n) is 8.88. The number of aryl methyl sites for hydroxylation is 1. The topological polar surface area (TPSA) is 99.1 Å². The van der Waals surface area contributed by atoms with Crippen molar-refractivity contribution in [2.75, 3.05) is 6.26 Å². The van der Waals surface area contributed by atoms with Crippen molar-refractivity contribution in [3.63, 3.8) is 0 Å². The number of sulfone groups is 1. The molecule has 0 N–H and O–H groups in total. The van der Waals surface area contributed by atoms with Crippen molar-refractivity contribution in [2.24, 2.45) is 0 Å². The monoisotopic (exact) mass is 543 g/mol. The highest BCUT2D eigenvalue weighted by atomic mass is 32.2. The molecule has 0 spiro atoms. The van der Waals surface area contributed by atoms with Crippen LogP contribution in [0.3, 0.4) is 0 Å². The predicted octanol–water partition coefficient (Wildman–Crippen LogP) is 5.64. The molecule has 7 nitrogen and oxygen atoms in total. The SMILES string of the molecule is Cc1ccc2c(CS(=O)(=O)Cc3ccccc3)cccc2c1Oc1ncccc1-c1ccnc(S(C)=O)n1. The number of fused-ring (bicyclic) bond motifs is 1. The van der Waals surface area contributed by atoms with Crippen LogP contribution in [0.25, 0.3) is 22.0 Å². The first-order valence-corrected chi connectivity index (χ1v) is 15.2. The van der Waals surface area contributed by atoms with Gasteiger partial charge in [-0.25, -0.2) is 23.4 Å². The van der Waals surface area contributed by atoms with Crippen LogP contribution in [0.4, 0.5) is 0 Å². The fourth-order valence-corrected chi connectivity index (χ4v) is 6.24. The Labute approximate surface area is 224 Å². The van der Waals surface area contributed by atoms with Gasteiger partial charge < -0.3 is 4.74 Å². The molecule has 1 unspecified atom stereocenters. The lowest BCUT2D eigenvalue weighted by molar-refractivity contribution is 0.466. The summed E-state index contributed by atoms with van der Waals surface area (Å²) < 4.78 is 44.4. The van der Waals surface area contributed by atoms with Crippen LogP contribution in [0.1, 0.15) is 16.7 Å². The first-order valence-electron chi connectivity index (χ1n) is 11.9. The van der Waals surface area contributed by atoms with Gasteiger partial charge in [-0.15, -0.1) is 0 Å². The molecule has 3 aromatic carbocycles. The van der Waals surface area contributed by atoms with E-state index in [0.717, 1.165) is 21.9 Å². The number of rotatable bonds is 8. The third kappa shape index (κ3) is 5.64. The van der Waals surface area contributed by atoms with Crippen LogP contribution in [0.2, 0.25) is 0 Å². The van der Waals surface area contributed by atoms with E-state index in [1.807, 2.05) is 73.7 Å². The van der Waals surface area contributed by atoms with E-state index in [0.29, 0.717) is 28.5 Å². The van der Waals surface area contributed by atoms with Gasteiger partial charge in [-0.2, -0.15) is 0 Å². The molecular weight excluding hydrogens is 518 g/mol. The Morgan fingerprint density at radius 2 is 1.63 bits per heavy atom. The van der Waals surface area contributed by atoms with E-state index < -0.39 is 20.6 Å². The molecule has 5 aromatic rings. The predicted molar refractivity (Wildman–Crippen MR) is 149 cm³/mol. The molecule has 0 radical (unpaired) electrons. The van der Waals surface area contributed by atoms with Crippen LogP contribution in [-0.4, -0.2) is 33.8 Å². The van der Waals surface area contributed by atoms with Crippen LogP contribution in [0.15, 0.2) is 96.4 Å². The van der Waals surface area contributed by atoms with Gasteiger partial charge in [0.25, 0.3) is 0 Å². The lowest BCUT2D eigenvalue weighted by Gasteiger charge is -2.16. The first-order chi connectivity index (χ1) is 18.3. The fraction of sp³-hybridized carbons (Fsp3) is 0.138. The zero-order valence-electron chi connectivity index (χ0n) is 20.9. The zero-order chi connectivity index (χ0) is 26.7. The number of benzene rings is 3. The second kappa shape index (κ2) is 10.8. The minimum absolute atomic E-state index is 0.0276. The average molecular weight is 544 g/mol. The van der Waals surface area contributed by atoms with Crippen molar-refractivity contribution < 1.29 is 17.4 Å². The van der Waals surface area contributed by atoms with Gasteiger partial charge in [-0.3, -0.25) is 4.21 Å².